The van der Waals surface area contributed by atoms with Gasteiger partial charge in [-0.2, -0.15) is 0 Å². The molecule has 0 aliphatic carbocycles. The van der Waals surface area contributed by atoms with Gasteiger partial charge in [-0.1, -0.05) is 44.5 Å². The highest BCUT2D eigenvalue weighted by molar-refractivity contribution is 6.25. The fourth-order valence-electron chi connectivity index (χ4n) is 1.14. The third-order valence-corrected chi connectivity index (χ3v) is 2.06. The summed E-state index contributed by atoms with van der Waals surface area (Å²) in [6.45, 7) is 6.51. The van der Waals surface area contributed by atoms with Crippen molar-refractivity contribution in [3.8, 4) is 5.75 Å². The molecule has 76 valence electrons. The van der Waals surface area contributed by atoms with Crippen LogP contribution in [0.25, 0.3) is 0 Å². The summed E-state index contributed by atoms with van der Waals surface area (Å²) in [7, 11) is 0. The van der Waals surface area contributed by atoms with Crippen LogP contribution in [0.15, 0.2) is 36.1 Å². The van der Waals surface area contributed by atoms with Gasteiger partial charge < -0.3 is 4.74 Å². The number of ether oxygens (including phenoxy) is 1. The third kappa shape index (κ3) is 3.08. The van der Waals surface area contributed by atoms with Gasteiger partial charge in [-0.05, 0) is 23.1 Å². The molecule has 0 atom stereocenters. The molecule has 0 aliphatic heterocycles. The van der Waals surface area contributed by atoms with Crippen molar-refractivity contribution in [1.82, 2.24) is 0 Å². The SMILES string of the molecule is CC(C)(C)c1cccc(O/C=C/Cl)c1. The summed E-state index contributed by atoms with van der Waals surface area (Å²) in [6, 6.07) is 8.01. The van der Waals surface area contributed by atoms with Crippen LogP contribution in [-0.2, 0) is 5.41 Å². The van der Waals surface area contributed by atoms with Gasteiger partial charge in [0.2, 0.25) is 0 Å². The molecule has 1 aromatic rings. The van der Waals surface area contributed by atoms with Gasteiger partial charge in [-0.3, -0.25) is 0 Å². The Kier molecular flexibility index (Phi) is 3.59. The van der Waals surface area contributed by atoms with Crippen molar-refractivity contribution in [2.24, 2.45) is 0 Å². The standard InChI is InChI=1S/C12H15ClO/c1-12(2,3)10-5-4-6-11(9-10)14-8-7-13/h4-9H,1-3H3/b8-7+. The fraction of sp³-hybridized carbons (Fsp3) is 0.333. The number of hydrogen-bond acceptors (Lipinski definition) is 1. The average Bonchev–Trinajstić information content (AvgIpc) is 2.14. The van der Waals surface area contributed by atoms with Gasteiger partial charge in [0.1, 0.15) is 12.0 Å². The first kappa shape index (κ1) is 11.1. The van der Waals surface area contributed by atoms with E-state index in [4.69, 9.17) is 16.3 Å². The summed E-state index contributed by atoms with van der Waals surface area (Å²) in [5.74, 6) is 0.814. The van der Waals surface area contributed by atoms with E-state index in [0.29, 0.717) is 0 Å². The molecule has 0 amide bonds. The molecule has 1 nitrogen and oxygen atoms in total. The van der Waals surface area contributed by atoms with Gasteiger partial charge >= 0.3 is 0 Å². The minimum atomic E-state index is 0.143. The van der Waals surface area contributed by atoms with Gasteiger partial charge in [0.25, 0.3) is 0 Å². The maximum atomic E-state index is 5.38. The lowest BCUT2D eigenvalue weighted by Crippen LogP contribution is -2.10. The average molecular weight is 211 g/mol. The van der Waals surface area contributed by atoms with Crippen LogP contribution in [0.1, 0.15) is 26.3 Å². The summed E-state index contributed by atoms with van der Waals surface area (Å²) < 4.78 is 5.28. The monoisotopic (exact) mass is 210 g/mol. The van der Waals surface area contributed by atoms with Crippen LogP contribution in [0.5, 0.6) is 5.75 Å². The number of hydrogen-bond donors (Lipinski definition) is 0. The molecule has 1 aromatic carbocycles. The lowest BCUT2D eigenvalue weighted by molar-refractivity contribution is 0.478. The van der Waals surface area contributed by atoms with Gasteiger partial charge in [0.15, 0.2) is 0 Å². The number of rotatable bonds is 2. The Balaban J connectivity index is 2.90. The van der Waals surface area contributed by atoms with Gasteiger partial charge in [0.05, 0.1) is 0 Å². The molecule has 0 saturated heterocycles. The summed E-state index contributed by atoms with van der Waals surface area (Å²) in [5.41, 5.74) is 2.74. The van der Waals surface area contributed by atoms with E-state index in [9.17, 15) is 0 Å². The molecule has 0 radical (unpaired) electrons. The van der Waals surface area contributed by atoms with Gasteiger partial charge in [-0.15, -0.1) is 0 Å². The molecule has 0 fully saturated rings. The quantitative estimate of drug-likeness (QED) is 0.669. The largest absolute Gasteiger partial charge is 0.464 e. The maximum Gasteiger partial charge on any atom is 0.126 e. The predicted octanol–water partition coefficient (Wildman–Crippen LogP) is 4.07. The number of benzene rings is 1. The van der Waals surface area contributed by atoms with E-state index >= 15 is 0 Å². The molecule has 0 spiro atoms. The van der Waals surface area contributed by atoms with Crippen molar-refractivity contribution in [2.45, 2.75) is 26.2 Å². The molecular formula is C12H15ClO. The minimum absolute atomic E-state index is 0.143. The molecular weight excluding hydrogens is 196 g/mol. The Bertz CT molecular complexity index is 323. The molecule has 0 aromatic heterocycles. The van der Waals surface area contributed by atoms with E-state index in [0.717, 1.165) is 5.75 Å². The smallest absolute Gasteiger partial charge is 0.126 e. The van der Waals surface area contributed by atoms with Gasteiger partial charge in [-0.25, -0.2) is 0 Å². The first-order valence-electron chi connectivity index (χ1n) is 4.56. The second-order valence-corrected chi connectivity index (χ2v) is 4.41. The van der Waals surface area contributed by atoms with E-state index in [1.165, 1.54) is 17.4 Å². The van der Waals surface area contributed by atoms with Crippen LogP contribution in [-0.4, -0.2) is 0 Å². The van der Waals surface area contributed by atoms with Crippen LogP contribution in [0.3, 0.4) is 0 Å². The van der Waals surface area contributed by atoms with Crippen molar-refractivity contribution in [3.63, 3.8) is 0 Å². The summed E-state index contributed by atoms with van der Waals surface area (Å²) >= 11 is 5.38. The first-order valence-corrected chi connectivity index (χ1v) is 5.00. The van der Waals surface area contributed by atoms with E-state index in [1.807, 2.05) is 18.2 Å². The lowest BCUT2D eigenvalue weighted by Gasteiger charge is -2.19. The first-order chi connectivity index (χ1) is 6.54. The predicted molar refractivity (Wildman–Crippen MR) is 60.8 cm³/mol. The Morgan fingerprint density at radius 1 is 1.29 bits per heavy atom. The summed E-state index contributed by atoms with van der Waals surface area (Å²) in [6.07, 6.45) is 1.46. The second-order valence-electron chi connectivity index (χ2n) is 4.16. The molecule has 0 saturated carbocycles. The van der Waals surface area contributed by atoms with Gasteiger partial charge in [0, 0.05) is 5.54 Å². The topological polar surface area (TPSA) is 9.23 Å². The van der Waals surface area contributed by atoms with E-state index in [1.54, 1.807) is 0 Å². The van der Waals surface area contributed by atoms with Crippen molar-refractivity contribution < 1.29 is 4.74 Å². The van der Waals surface area contributed by atoms with Crippen LogP contribution < -0.4 is 4.74 Å². The molecule has 0 bridgehead atoms. The third-order valence-electron chi connectivity index (χ3n) is 1.96. The number of halogens is 1. The molecule has 0 N–H and O–H groups in total. The second kappa shape index (κ2) is 4.52. The van der Waals surface area contributed by atoms with Crippen LogP contribution >= 0.6 is 11.6 Å². The molecule has 0 aliphatic rings. The van der Waals surface area contributed by atoms with Crippen LogP contribution in [0.2, 0.25) is 0 Å². The van der Waals surface area contributed by atoms with E-state index in [-0.39, 0.29) is 5.41 Å². The Morgan fingerprint density at radius 2 is 2.00 bits per heavy atom. The minimum Gasteiger partial charge on any atom is -0.464 e. The highest BCUT2D eigenvalue weighted by Crippen LogP contribution is 2.25. The summed E-state index contributed by atoms with van der Waals surface area (Å²) in [4.78, 5) is 0. The van der Waals surface area contributed by atoms with Crippen molar-refractivity contribution >= 4 is 11.6 Å². The zero-order valence-corrected chi connectivity index (χ0v) is 9.51. The van der Waals surface area contributed by atoms with Crippen molar-refractivity contribution in [2.75, 3.05) is 0 Å². The Hall–Kier alpha value is -0.950. The van der Waals surface area contributed by atoms with E-state index in [2.05, 4.69) is 26.8 Å². The molecule has 2 heteroatoms. The normalized spacial score (nSPS) is 12.0. The van der Waals surface area contributed by atoms with E-state index < -0.39 is 0 Å². The highest BCUT2D eigenvalue weighted by atomic mass is 35.5. The molecule has 1 rings (SSSR count). The molecule has 14 heavy (non-hydrogen) atoms. The van der Waals surface area contributed by atoms with Crippen molar-refractivity contribution in [3.05, 3.63) is 41.6 Å². The maximum absolute atomic E-state index is 5.38. The fourth-order valence-corrected chi connectivity index (χ4v) is 1.19. The van der Waals surface area contributed by atoms with Crippen LogP contribution in [0, 0.1) is 0 Å². The van der Waals surface area contributed by atoms with Crippen LogP contribution in [0.4, 0.5) is 0 Å². The molecule has 0 heterocycles. The van der Waals surface area contributed by atoms with Crippen molar-refractivity contribution in [1.29, 1.82) is 0 Å². The highest BCUT2D eigenvalue weighted by Gasteiger charge is 2.13. The Morgan fingerprint density at radius 3 is 2.57 bits per heavy atom. The molecule has 0 unspecified atom stereocenters. The Labute approximate surface area is 90.3 Å². The zero-order chi connectivity index (χ0) is 10.6. The lowest BCUT2D eigenvalue weighted by atomic mass is 9.87. The summed E-state index contributed by atoms with van der Waals surface area (Å²) in [5, 5.41) is 0. The zero-order valence-electron chi connectivity index (χ0n) is 8.75.